The number of aromatic nitrogens is 2. The normalized spacial score (nSPS) is 18.3. The van der Waals surface area contributed by atoms with Crippen molar-refractivity contribution in [3.8, 4) is 0 Å². The maximum atomic E-state index is 11.6. The summed E-state index contributed by atoms with van der Waals surface area (Å²) in [6.07, 6.45) is 7.52. The minimum atomic E-state index is 0.00273. The molecule has 1 N–H and O–H groups in total. The van der Waals surface area contributed by atoms with Gasteiger partial charge in [0.1, 0.15) is 5.82 Å². The molecular weight excluding hydrogens is 212 g/mol. The van der Waals surface area contributed by atoms with Gasteiger partial charge in [-0.15, -0.1) is 0 Å². The fourth-order valence-corrected chi connectivity index (χ4v) is 2.54. The number of hydrogen-bond acceptors (Lipinski definition) is 2. The lowest BCUT2D eigenvalue weighted by Gasteiger charge is -2.14. The summed E-state index contributed by atoms with van der Waals surface area (Å²) in [4.78, 5) is 19.2. The third kappa shape index (κ3) is 3.18. The van der Waals surface area contributed by atoms with Gasteiger partial charge in [-0.3, -0.25) is 4.79 Å². The highest BCUT2D eigenvalue weighted by Gasteiger charge is 2.17. The standard InChI is InChI=1S/C14H22N2O/c1-10(2)12-9-13(17)16-14(15-12)11-7-5-3-4-6-8-11/h9-11H,3-8H2,1-2H3,(H,15,16,17). The van der Waals surface area contributed by atoms with Crippen LogP contribution < -0.4 is 5.56 Å². The summed E-state index contributed by atoms with van der Waals surface area (Å²) in [5, 5.41) is 0. The van der Waals surface area contributed by atoms with Crippen molar-refractivity contribution >= 4 is 0 Å². The van der Waals surface area contributed by atoms with Crippen molar-refractivity contribution in [3.05, 3.63) is 27.9 Å². The molecule has 1 fully saturated rings. The minimum Gasteiger partial charge on any atom is -0.310 e. The first-order chi connectivity index (χ1) is 8.16. The van der Waals surface area contributed by atoms with E-state index in [9.17, 15) is 4.79 Å². The monoisotopic (exact) mass is 234 g/mol. The van der Waals surface area contributed by atoms with Crippen LogP contribution in [-0.4, -0.2) is 9.97 Å². The quantitative estimate of drug-likeness (QED) is 0.798. The molecule has 1 aliphatic rings. The van der Waals surface area contributed by atoms with Gasteiger partial charge in [-0.1, -0.05) is 39.5 Å². The van der Waals surface area contributed by atoms with Crippen LogP contribution in [0.3, 0.4) is 0 Å². The summed E-state index contributed by atoms with van der Waals surface area (Å²) >= 11 is 0. The third-order valence-corrected chi connectivity index (χ3v) is 3.61. The van der Waals surface area contributed by atoms with Crippen molar-refractivity contribution < 1.29 is 0 Å². The van der Waals surface area contributed by atoms with Crippen LogP contribution in [0.4, 0.5) is 0 Å². The topological polar surface area (TPSA) is 45.8 Å². The van der Waals surface area contributed by atoms with Gasteiger partial charge in [-0.2, -0.15) is 0 Å². The molecular formula is C14H22N2O. The number of rotatable bonds is 2. The Morgan fingerprint density at radius 2 is 1.88 bits per heavy atom. The van der Waals surface area contributed by atoms with E-state index in [1.165, 1.54) is 38.5 Å². The Balaban J connectivity index is 2.27. The van der Waals surface area contributed by atoms with Crippen LogP contribution in [0, 0.1) is 0 Å². The number of hydrogen-bond donors (Lipinski definition) is 1. The van der Waals surface area contributed by atoms with Gasteiger partial charge in [-0.25, -0.2) is 4.98 Å². The lowest BCUT2D eigenvalue weighted by molar-refractivity contribution is 0.553. The van der Waals surface area contributed by atoms with E-state index in [4.69, 9.17) is 0 Å². The van der Waals surface area contributed by atoms with Gasteiger partial charge in [0.25, 0.3) is 5.56 Å². The van der Waals surface area contributed by atoms with Crippen LogP contribution in [0.1, 0.15) is 75.7 Å². The van der Waals surface area contributed by atoms with E-state index in [2.05, 4.69) is 23.8 Å². The Bertz CT molecular complexity index is 414. The molecule has 1 aromatic rings. The van der Waals surface area contributed by atoms with E-state index in [1.807, 2.05) is 0 Å². The Labute approximate surface area is 103 Å². The molecule has 0 bridgehead atoms. The van der Waals surface area contributed by atoms with Crippen molar-refractivity contribution in [2.75, 3.05) is 0 Å². The van der Waals surface area contributed by atoms with Crippen molar-refractivity contribution in [3.63, 3.8) is 0 Å². The van der Waals surface area contributed by atoms with E-state index in [0.717, 1.165) is 11.5 Å². The zero-order valence-corrected chi connectivity index (χ0v) is 10.8. The molecule has 1 saturated carbocycles. The van der Waals surface area contributed by atoms with Crippen molar-refractivity contribution in [1.82, 2.24) is 9.97 Å². The van der Waals surface area contributed by atoms with E-state index in [-0.39, 0.29) is 5.56 Å². The molecule has 0 saturated heterocycles. The highest BCUT2D eigenvalue weighted by molar-refractivity contribution is 5.09. The number of nitrogens with one attached hydrogen (secondary N) is 1. The zero-order chi connectivity index (χ0) is 12.3. The summed E-state index contributed by atoms with van der Waals surface area (Å²) in [5.74, 6) is 1.70. The largest absolute Gasteiger partial charge is 0.310 e. The molecule has 3 heteroatoms. The lowest BCUT2D eigenvalue weighted by atomic mass is 9.99. The van der Waals surface area contributed by atoms with Gasteiger partial charge < -0.3 is 4.98 Å². The molecule has 0 unspecified atom stereocenters. The molecule has 2 rings (SSSR count). The van der Waals surface area contributed by atoms with Crippen LogP contribution in [0.25, 0.3) is 0 Å². The highest BCUT2D eigenvalue weighted by atomic mass is 16.1. The molecule has 1 heterocycles. The zero-order valence-electron chi connectivity index (χ0n) is 10.8. The molecule has 1 aliphatic carbocycles. The number of nitrogens with zero attached hydrogens (tertiary/aromatic N) is 1. The Hall–Kier alpha value is -1.12. The second kappa shape index (κ2) is 5.48. The summed E-state index contributed by atoms with van der Waals surface area (Å²) in [6, 6.07) is 1.63. The van der Waals surface area contributed by atoms with Gasteiger partial charge in [-0.05, 0) is 18.8 Å². The molecule has 1 aromatic heterocycles. The molecule has 0 amide bonds. The molecule has 0 aromatic carbocycles. The minimum absolute atomic E-state index is 0.00273. The summed E-state index contributed by atoms with van der Waals surface area (Å²) in [7, 11) is 0. The van der Waals surface area contributed by atoms with Gasteiger partial charge in [0.2, 0.25) is 0 Å². The molecule has 0 atom stereocenters. The maximum Gasteiger partial charge on any atom is 0.251 e. The van der Waals surface area contributed by atoms with Crippen LogP contribution in [-0.2, 0) is 0 Å². The Morgan fingerprint density at radius 3 is 2.47 bits per heavy atom. The second-order valence-electron chi connectivity index (χ2n) is 5.40. The van der Waals surface area contributed by atoms with Crippen molar-refractivity contribution in [2.24, 2.45) is 0 Å². The molecule has 0 radical (unpaired) electrons. The predicted octanol–water partition coefficient (Wildman–Crippen LogP) is 3.33. The van der Waals surface area contributed by atoms with E-state index < -0.39 is 0 Å². The lowest BCUT2D eigenvalue weighted by Crippen LogP contribution is -2.16. The second-order valence-corrected chi connectivity index (χ2v) is 5.40. The fourth-order valence-electron chi connectivity index (χ4n) is 2.54. The average molecular weight is 234 g/mol. The number of H-pyrrole nitrogens is 1. The smallest absolute Gasteiger partial charge is 0.251 e. The van der Waals surface area contributed by atoms with Gasteiger partial charge in [0.15, 0.2) is 0 Å². The predicted molar refractivity (Wildman–Crippen MR) is 69.4 cm³/mol. The molecule has 0 aliphatic heterocycles. The van der Waals surface area contributed by atoms with Crippen molar-refractivity contribution in [1.29, 1.82) is 0 Å². The first-order valence-electron chi connectivity index (χ1n) is 6.78. The fraction of sp³-hybridized carbons (Fsp3) is 0.714. The average Bonchev–Trinajstić information content (AvgIpc) is 2.56. The molecule has 3 nitrogen and oxygen atoms in total. The molecule has 0 spiro atoms. The Kier molecular flexibility index (Phi) is 3.97. The van der Waals surface area contributed by atoms with Gasteiger partial charge in [0, 0.05) is 12.0 Å². The SMILES string of the molecule is CC(C)c1cc(=O)[nH]c(C2CCCCCC2)n1. The maximum absolute atomic E-state index is 11.6. The first-order valence-corrected chi connectivity index (χ1v) is 6.78. The third-order valence-electron chi connectivity index (χ3n) is 3.61. The van der Waals surface area contributed by atoms with E-state index >= 15 is 0 Å². The summed E-state index contributed by atoms with van der Waals surface area (Å²) < 4.78 is 0. The van der Waals surface area contributed by atoms with Gasteiger partial charge in [0.05, 0.1) is 5.69 Å². The van der Waals surface area contributed by atoms with Crippen LogP contribution in [0.2, 0.25) is 0 Å². The van der Waals surface area contributed by atoms with Crippen LogP contribution in [0.5, 0.6) is 0 Å². The van der Waals surface area contributed by atoms with Gasteiger partial charge >= 0.3 is 0 Å². The van der Waals surface area contributed by atoms with E-state index in [1.54, 1.807) is 6.07 Å². The number of aromatic amines is 1. The van der Waals surface area contributed by atoms with E-state index in [0.29, 0.717) is 11.8 Å². The highest BCUT2D eigenvalue weighted by Crippen LogP contribution is 2.29. The molecule has 94 valence electrons. The van der Waals surface area contributed by atoms with Crippen LogP contribution in [0.15, 0.2) is 10.9 Å². The van der Waals surface area contributed by atoms with Crippen LogP contribution >= 0.6 is 0 Å². The summed E-state index contributed by atoms with van der Waals surface area (Å²) in [5.41, 5.74) is 0.927. The van der Waals surface area contributed by atoms with Crippen molar-refractivity contribution in [2.45, 2.75) is 64.2 Å². The molecule has 17 heavy (non-hydrogen) atoms. The summed E-state index contributed by atoms with van der Waals surface area (Å²) in [6.45, 7) is 4.16. The first kappa shape index (κ1) is 12.3. The Morgan fingerprint density at radius 1 is 1.24 bits per heavy atom.